The van der Waals surface area contributed by atoms with Crippen LogP contribution in [0.25, 0.3) is 0 Å². The van der Waals surface area contributed by atoms with Crippen molar-refractivity contribution in [1.82, 2.24) is 9.62 Å². The van der Waals surface area contributed by atoms with Gasteiger partial charge in [0.2, 0.25) is 10.0 Å². The topological polar surface area (TPSA) is 92.8 Å². The summed E-state index contributed by atoms with van der Waals surface area (Å²) in [6.45, 7) is 1.29. The summed E-state index contributed by atoms with van der Waals surface area (Å²) < 4.78 is 30.4. The van der Waals surface area contributed by atoms with Crippen LogP contribution < -0.4 is 5.32 Å². The SMILES string of the molecule is C[C@@H](NC(=O)COC(=O)c1cc(S(=O)(=O)N(C)C)ccc1Cl)c1ccccc1. The second-order valence-electron chi connectivity index (χ2n) is 6.21. The standard InChI is InChI=1S/C19H21ClN2O5S/c1-13(14-7-5-4-6-8-14)21-18(23)12-27-19(24)16-11-15(9-10-17(16)20)28(25,26)22(2)3/h4-11,13H,12H2,1-3H3,(H,21,23)/t13-/m1/s1. The molecule has 2 aromatic carbocycles. The first-order chi connectivity index (χ1) is 13.1. The van der Waals surface area contributed by atoms with E-state index in [1.807, 2.05) is 37.3 Å². The van der Waals surface area contributed by atoms with Crippen molar-refractivity contribution in [3.05, 3.63) is 64.7 Å². The summed E-state index contributed by atoms with van der Waals surface area (Å²) in [5.74, 6) is -1.37. The molecule has 0 spiro atoms. The molecule has 9 heteroatoms. The molecule has 1 N–H and O–H groups in total. The quantitative estimate of drug-likeness (QED) is 0.689. The Morgan fingerprint density at radius 2 is 1.79 bits per heavy atom. The molecule has 0 saturated carbocycles. The van der Waals surface area contributed by atoms with E-state index < -0.39 is 28.5 Å². The Morgan fingerprint density at radius 1 is 1.14 bits per heavy atom. The lowest BCUT2D eigenvalue weighted by Gasteiger charge is -2.15. The number of nitrogens with zero attached hydrogens (tertiary/aromatic N) is 1. The highest BCUT2D eigenvalue weighted by Crippen LogP contribution is 2.23. The Labute approximate surface area is 169 Å². The molecule has 0 radical (unpaired) electrons. The Bertz CT molecular complexity index is 962. The van der Waals surface area contributed by atoms with Crippen molar-refractivity contribution < 1.29 is 22.7 Å². The minimum Gasteiger partial charge on any atom is -0.452 e. The molecular weight excluding hydrogens is 404 g/mol. The molecule has 2 aromatic rings. The van der Waals surface area contributed by atoms with Crippen molar-refractivity contribution in [2.45, 2.75) is 17.9 Å². The summed E-state index contributed by atoms with van der Waals surface area (Å²) in [4.78, 5) is 24.2. The van der Waals surface area contributed by atoms with E-state index in [1.54, 1.807) is 0 Å². The molecule has 0 aliphatic rings. The molecule has 150 valence electrons. The zero-order valence-electron chi connectivity index (χ0n) is 15.7. The molecule has 0 aromatic heterocycles. The number of halogens is 1. The molecule has 0 aliphatic heterocycles. The third-order valence-electron chi connectivity index (χ3n) is 3.95. The lowest BCUT2D eigenvalue weighted by atomic mass is 10.1. The fraction of sp³-hybridized carbons (Fsp3) is 0.263. The van der Waals surface area contributed by atoms with Crippen LogP contribution in [0.2, 0.25) is 5.02 Å². The predicted molar refractivity (Wildman–Crippen MR) is 106 cm³/mol. The van der Waals surface area contributed by atoms with Gasteiger partial charge in [0.25, 0.3) is 5.91 Å². The van der Waals surface area contributed by atoms with E-state index >= 15 is 0 Å². The van der Waals surface area contributed by atoms with Gasteiger partial charge in [0.15, 0.2) is 6.61 Å². The fourth-order valence-electron chi connectivity index (χ4n) is 2.35. The summed E-state index contributed by atoms with van der Waals surface area (Å²) in [7, 11) is -0.990. The maximum absolute atomic E-state index is 12.3. The summed E-state index contributed by atoms with van der Waals surface area (Å²) in [5.41, 5.74) is 0.778. The number of ether oxygens (including phenoxy) is 1. The average molecular weight is 425 g/mol. The second kappa shape index (κ2) is 9.18. The third kappa shape index (κ3) is 5.31. The van der Waals surface area contributed by atoms with Gasteiger partial charge in [-0.25, -0.2) is 17.5 Å². The van der Waals surface area contributed by atoms with Crippen LogP contribution in [-0.4, -0.2) is 45.3 Å². The van der Waals surface area contributed by atoms with Gasteiger partial charge >= 0.3 is 5.97 Å². The molecule has 2 rings (SSSR count). The lowest BCUT2D eigenvalue weighted by molar-refractivity contribution is -0.124. The van der Waals surface area contributed by atoms with Gasteiger partial charge in [-0.05, 0) is 30.7 Å². The van der Waals surface area contributed by atoms with Crippen molar-refractivity contribution in [1.29, 1.82) is 0 Å². The van der Waals surface area contributed by atoms with Gasteiger partial charge in [0, 0.05) is 14.1 Å². The minimum absolute atomic E-state index is 0.0285. The normalized spacial score (nSPS) is 12.5. The number of sulfonamides is 1. The first-order valence-electron chi connectivity index (χ1n) is 8.36. The van der Waals surface area contributed by atoms with Crippen LogP contribution in [0, 0.1) is 0 Å². The molecule has 0 saturated heterocycles. The summed E-state index contributed by atoms with van der Waals surface area (Å²) in [6, 6.07) is 12.8. The number of hydrogen-bond donors (Lipinski definition) is 1. The highest BCUT2D eigenvalue weighted by atomic mass is 35.5. The van der Waals surface area contributed by atoms with Gasteiger partial charge in [-0.1, -0.05) is 41.9 Å². The third-order valence-corrected chi connectivity index (χ3v) is 6.09. The van der Waals surface area contributed by atoms with Crippen molar-refractivity contribution >= 4 is 33.5 Å². The molecule has 1 atom stereocenters. The van der Waals surface area contributed by atoms with Crippen LogP contribution in [0.4, 0.5) is 0 Å². The Balaban J connectivity index is 2.04. The number of amides is 1. The maximum Gasteiger partial charge on any atom is 0.340 e. The van der Waals surface area contributed by atoms with E-state index in [4.69, 9.17) is 16.3 Å². The number of hydrogen-bond acceptors (Lipinski definition) is 5. The summed E-state index contributed by atoms with van der Waals surface area (Å²) in [5, 5.41) is 2.74. The summed E-state index contributed by atoms with van der Waals surface area (Å²) >= 11 is 5.99. The number of esters is 1. The van der Waals surface area contributed by atoms with Gasteiger partial charge in [0.05, 0.1) is 21.5 Å². The minimum atomic E-state index is -3.74. The number of rotatable bonds is 7. The van der Waals surface area contributed by atoms with E-state index in [-0.39, 0.29) is 21.5 Å². The maximum atomic E-state index is 12.3. The van der Waals surface area contributed by atoms with Gasteiger partial charge in [0.1, 0.15) is 0 Å². The zero-order chi connectivity index (χ0) is 20.9. The van der Waals surface area contributed by atoms with E-state index in [9.17, 15) is 18.0 Å². The van der Waals surface area contributed by atoms with Gasteiger partial charge in [-0.2, -0.15) is 0 Å². The van der Waals surface area contributed by atoms with E-state index in [0.29, 0.717) is 0 Å². The molecule has 0 bridgehead atoms. The Morgan fingerprint density at radius 3 is 2.39 bits per heavy atom. The largest absolute Gasteiger partial charge is 0.452 e. The lowest BCUT2D eigenvalue weighted by Crippen LogP contribution is -2.31. The van der Waals surface area contributed by atoms with Crippen molar-refractivity contribution in [2.75, 3.05) is 20.7 Å². The van der Waals surface area contributed by atoms with Gasteiger partial charge < -0.3 is 10.1 Å². The average Bonchev–Trinajstić information content (AvgIpc) is 2.66. The molecular formula is C19H21ClN2O5S. The highest BCUT2D eigenvalue weighted by Gasteiger charge is 2.22. The van der Waals surface area contributed by atoms with E-state index in [1.165, 1.54) is 26.2 Å². The molecule has 0 aliphatic carbocycles. The van der Waals surface area contributed by atoms with Crippen LogP contribution in [-0.2, 0) is 19.6 Å². The predicted octanol–water partition coefficient (Wildman–Crippen LogP) is 2.62. The smallest absolute Gasteiger partial charge is 0.340 e. The second-order valence-corrected chi connectivity index (χ2v) is 8.76. The molecule has 28 heavy (non-hydrogen) atoms. The number of benzene rings is 2. The number of carbonyl (C=O) groups is 2. The molecule has 7 nitrogen and oxygen atoms in total. The van der Waals surface area contributed by atoms with Crippen molar-refractivity contribution in [2.24, 2.45) is 0 Å². The first-order valence-corrected chi connectivity index (χ1v) is 10.2. The molecule has 1 amide bonds. The van der Waals surface area contributed by atoms with Gasteiger partial charge in [-0.3, -0.25) is 4.79 Å². The van der Waals surface area contributed by atoms with Crippen molar-refractivity contribution in [3.63, 3.8) is 0 Å². The fourth-order valence-corrected chi connectivity index (χ4v) is 3.47. The van der Waals surface area contributed by atoms with Crippen LogP contribution in [0.3, 0.4) is 0 Å². The molecule has 0 fully saturated rings. The Kier molecular flexibility index (Phi) is 7.17. The van der Waals surface area contributed by atoms with Crippen LogP contribution in [0.15, 0.2) is 53.4 Å². The van der Waals surface area contributed by atoms with Crippen molar-refractivity contribution in [3.8, 4) is 0 Å². The number of nitrogens with one attached hydrogen (secondary N) is 1. The summed E-state index contributed by atoms with van der Waals surface area (Å²) in [6.07, 6.45) is 0. The molecule has 0 heterocycles. The Hall–Kier alpha value is -2.42. The highest BCUT2D eigenvalue weighted by molar-refractivity contribution is 7.89. The monoisotopic (exact) mass is 424 g/mol. The van der Waals surface area contributed by atoms with Crippen LogP contribution >= 0.6 is 11.6 Å². The zero-order valence-corrected chi connectivity index (χ0v) is 17.3. The number of carbonyl (C=O) groups excluding carboxylic acids is 2. The van der Waals surface area contributed by atoms with Crippen LogP contribution in [0.1, 0.15) is 28.9 Å². The first kappa shape index (κ1) is 21.9. The van der Waals surface area contributed by atoms with E-state index in [0.717, 1.165) is 15.9 Å². The van der Waals surface area contributed by atoms with Gasteiger partial charge in [-0.15, -0.1) is 0 Å². The molecule has 0 unspecified atom stereocenters. The van der Waals surface area contributed by atoms with Crippen LogP contribution in [0.5, 0.6) is 0 Å². The van der Waals surface area contributed by atoms with E-state index in [2.05, 4.69) is 5.32 Å².